The topological polar surface area (TPSA) is 50.8 Å². The van der Waals surface area contributed by atoms with E-state index in [4.69, 9.17) is 9.47 Å². The molecule has 0 radical (unpaired) electrons. The van der Waals surface area contributed by atoms with Crippen LogP contribution in [0.15, 0.2) is 18.2 Å². The fourth-order valence-corrected chi connectivity index (χ4v) is 2.38. The van der Waals surface area contributed by atoms with Gasteiger partial charge in [-0.15, -0.1) is 0 Å². The van der Waals surface area contributed by atoms with Crippen LogP contribution in [0.4, 0.5) is 0 Å². The molecule has 0 bridgehead atoms. The molecule has 0 aliphatic carbocycles. The molecule has 3 rings (SSSR count). The van der Waals surface area contributed by atoms with Crippen LogP contribution in [0.25, 0.3) is 0 Å². The summed E-state index contributed by atoms with van der Waals surface area (Å²) in [6.45, 7) is 4.89. The number of nitrogens with one attached hydrogen (secondary N) is 1. The molecule has 1 N–H and O–H groups in total. The van der Waals surface area contributed by atoms with Crippen LogP contribution in [-0.2, 0) is 0 Å². The first-order chi connectivity index (χ1) is 9.29. The predicted molar refractivity (Wildman–Crippen MR) is 70.6 cm³/mol. The van der Waals surface area contributed by atoms with Crippen molar-refractivity contribution in [3.8, 4) is 11.5 Å². The summed E-state index contributed by atoms with van der Waals surface area (Å²) in [6, 6.07) is 5.71. The van der Waals surface area contributed by atoms with Gasteiger partial charge in [0.25, 0.3) is 5.91 Å². The molecular weight excluding hydrogens is 244 g/mol. The summed E-state index contributed by atoms with van der Waals surface area (Å²) in [5.41, 5.74) is 0.671. The minimum Gasteiger partial charge on any atom is -0.454 e. The molecule has 2 aliphatic rings. The van der Waals surface area contributed by atoms with Crippen LogP contribution in [0.2, 0.25) is 0 Å². The van der Waals surface area contributed by atoms with Gasteiger partial charge in [-0.1, -0.05) is 6.92 Å². The van der Waals surface area contributed by atoms with Gasteiger partial charge in [-0.3, -0.25) is 4.79 Å². The van der Waals surface area contributed by atoms with Gasteiger partial charge in [-0.05, 0) is 24.6 Å². The number of hydrogen-bond acceptors (Lipinski definition) is 4. The number of carbonyl (C=O) groups excluding carboxylic acids is 1. The summed E-state index contributed by atoms with van der Waals surface area (Å²) in [5, 5.41) is 3.21. The quantitative estimate of drug-likeness (QED) is 0.887. The molecule has 0 unspecified atom stereocenters. The maximum absolute atomic E-state index is 12.6. The van der Waals surface area contributed by atoms with E-state index >= 15 is 0 Å². The summed E-state index contributed by atoms with van der Waals surface area (Å²) in [7, 11) is 0. The fraction of sp³-hybridized carbons (Fsp3) is 0.500. The molecule has 1 saturated heterocycles. The van der Waals surface area contributed by atoms with Crippen molar-refractivity contribution in [1.82, 2.24) is 10.2 Å². The second-order valence-corrected chi connectivity index (χ2v) is 4.88. The van der Waals surface area contributed by atoms with E-state index in [0.717, 1.165) is 26.1 Å². The van der Waals surface area contributed by atoms with Crippen molar-refractivity contribution >= 4 is 5.91 Å². The highest BCUT2D eigenvalue weighted by molar-refractivity contribution is 5.95. The Morgan fingerprint density at radius 3 is 2.84 bits per heavy atom. The number of ether oxygens (including phenoxy) is 2. The Labute approximate surface area is 112 Å². The molecule has 1 fully saturated rings. The number of fused-ring (bicyclic) bond motifs is 1. The van der Waals surface area contributed by atoms with Gasteiger partial charge < -0.3 is 19.7 Å². The van der Waals surface area contributed by atoms with Gasteiger partial charge in [0, 0.05) is 25.2 Å². The molecule has 0 aromatic heterocycles. The molecule has 19 heavy (non-hydrogen) atoms. The van der Waals surface area contributed by atoms with Gasteiger partial charge >= 0.3 is 0 Å². The van der Waals surface area contributed by atoms with Gasteiger partial charge in [0.1, 0.15) is 0 Å². The monoisotopic (exact) mass is 262 g/mol. The van der Waals surface area contributed by atoms with Crippen molar-refractivity contribution < 1.29 is 14.3 Å². The van der Waals surface area contributed by atoms with Gasteiger partial charge in [0.2, 0.25) is 6.79 Å². The smallest absolute Gasteiger partial charge is 0.254 e. The molecule has 0 atom stereocenters. The Hall–Kier alpha value is -1.75. The minimum absolute atomic E-state index is 0.0756. The second-order valence-electron chi connectivity index (χ2n) is 4.88. The van der Waals surface area contributed by atoms with Crippen LogP contribution in [0.1, 0.15) is 23.7 Å². The van der Waals surface area contributed by atoms with Crippen molar-refractivity contribution in [3.05, 3.63) is 23.8 Å². The third-order valence-electron chi connectivity index (χ3n) is 3.55. The zero-order valence-corrected chi connectivity index (χ0v) is 11.0. The normalized spacial score (nSPS) is 17.1. The van der Waals surface area contributed by atoms with Crippen LogP contribution in [-0.4, -0.2) is 43.3 Å². The lowest BCUT2D eigenvalue weighted by molar-refractivity contribution is 0.0615. The lowest BCUT2D eigenvalue weighted by atomic mass is 10.1. The van der Waals surface area contributed by atoms with E-state index in [2.05, 4.69) is 12.2 Å². The second kappa shape index (κ2) is 5.09. The van der Waals surface area contributed by atoms with Crippen molar-refractivity contribution in [2.45, 2.75) is 19.4 Å². The summed E-state index contributed by atoms with van der Waals surface area (Å²) in [4.78, 5) is 14.5. The average Bonchev–Trinajstić information content (AvgIpc) is 2.82. The number of nitrogens with zero attached hydrogens (tertiary/aromatic N) is 1. The Morgan fingerprint density at radius 2 is 2.16 bits per heavy atom. The first-order valence-corrected chi connectivity index (χ1v) is 6.71. The summed E-state index contributed by atoms with van der Waals surface area (Å²) in [6.07, 6.45) is 0.965. The molecule has 0 spiro atoms. The molecule has 2 heterocycles. The SMILES string of the molecule is CCCN(C(=O)c1ccc2c(c1)OCO2)C1CNC1. The number of amides is 1. The Kier molecular flexibility index (Phi) is 3.29. The lowest BCUT2D eigenvalue weighted by Gasteiger charge is -2.38. The Balaban J connectivity index is 1.81. The van der Waals surface area contributed by atoms with E-state index in [1.165, 1.54) is 0 Å². The van der Waals surface area contributed by atoms with Crippen LogP contribution >= 0.6 is 0 Å². The van der Waals surface area contributed by atoms with Gasteiger partial charge in [-0.25, -0.2) is 0 Å². The zero-order chi connectivity index (χ0) is 13.2. The highest BCUT2D eigenvalue weighted by Crippen LogP contribution is 2.33. The largest absolute Gasteiger partial charge is 0.454 e. The first-order valence-electron chi connectivity index (χ1n) is 6.71. The molecule has 1 aromatic carbocycles. The van der Waals surface area contributed by atoms with Crippen molar-refractivity contribution in [2.75, 3.05) is 26.4 Å². The maximum atomic E-state index is 12.6. The van der Waals surface area contributed by atoms with Crippen LogP contribution < -0.4 is 14.8 Å². The maximum Gasteiger partial charge on any atom is 0.254 e. The number of carbonyl (C=O) groups is 1. The highest BCUT2D eigenvalue weighted by atomic mass is 16.7. The zero-order valence-electron chi connectivity index (χ0n) is 11.0. The molecule has 0 saturated carbocycles. The molecular formula is C14H18N2O3. The van der Waals surface area contributed by atoms with Crippen LogP contribution in [0.5, 0.6) is 11.5 Å². The third-order valence-corrected chi connectivity index (χ3v) is 3.55. The molecule has 5 heteroatoms. The Morgan fingerprint density at radius 1 is 1.37 bits per heavy atom. The van der Waals surface area contributed by atoms with Crippen molar-refractivity contribution in [3.63, 3.8) is 0 Å². The molecule has 5 nitrogen and oxygen atoms in total. The van der Waals surface area contributed by atoms with E-state index in [9.17, 15) is 4.79 Å². The van der Waals surface area contributed by atoms with Gasteiger partial charge in [-0.2, -0.15) is 0 Å². The Bertz CT molecular complexity index is 486. The summed E-state index contributed by atoms with van der Waals surface area (Å²) in [5.74, 6) is 1.45. The van der Waals surface area contributed by atoms with Crippen LogP contribution in [0, 0.1) is 0 Å². The molecule has 2 aliphatic heterocycles. The number of rotatable bonds is 4. The van der Waals surface area contributed by atoms with E-state index in [1.807, 2.05) is 11.0 Å². The standard InChI is InChI=1S/C14H18N2O3/c1-2-5-16(11-7-15-8-11)14(17)10-3-4-12-13(6-10)19-9-18-12/h3-4,6,11,15H,2,5,7-9H2,1H3. The average molecular weight is 262 g/mol. The van der Waals surface area contributed by atoms with E-state index < -0.39 is 0 Å². The number of hydrogen-bond donors (Lipinski definition) is 1. The summed E-state index contributed by atoms with van der Waals surface area (Å²) < 4.78 is 10.6. The number of benzene rings is 1. The highest BCUT2D eigenvalue weighted by Gasteiger charge is 2.29. The van der Waals surface area contributed by atoms with Gasteiger partial charge in [0.05, 0.1) is 6.04 Å². The van der Waals surface area contributed by atoms with E-state index in [-0.39, 0.29) is 12.7 Å². The fourth-order valence-electron chi connectivity index (χ4n) is 2.38. The summed E-state index contributed by atoms with van der Waals surface area (Å²) >= 11 is 0. The van der Waals surface area contributed by atoms with Gasteiger partial charge in [0.15, 0.2) is 11.5 Å². The van der Waals surface area contributed by atoms with Crippen LogP contribution in [0.3, 0.4) is 0 Å². The van der Waals surface area contributed by atoms with Crippen molar-refractivity contribution in [1.29, 1.82) is 0 Å². The van der Waals surface area contributed by atoms with E-state index in [1.54, 1.807) is 12.1 Å². The molecule has 102 valence electrons. The molecule has 1 aromatic rings. The first kappa shape index (κ1) is 12.3. The third kappa shape index (κ3) is 2.26. The minimum atomic E-state index is 0.0756. The predicted octanol–water partition coefficient (Wildman–Crippen LogP) is 1.24. The van der Waals surface area contributed by atoms with E-state index in [0.29, 0.717) is 23.1 Å². The molecule has 1 amide bonds. The van der Waals surface area contributed by atoms with Crippen molar-refractivity contribution in [2.24, 2.45) is 0 Å². The lowest BCUT2D eigenvalue weighted by Crippen LogP contribution is -2.59.